The quantitative estimate of drug-likeness (QED) is 0.568. The third-order valence-electron chi connectivity index (χ3n) is 6.97. The average Bonchev–Trinajstić information content (AvgIpc) is 3.34. The highest BCUT2D eigenvalue weighted by molar-refractivity contribution is 7.88. The number of hydrogen-bond acceptors (Lipinski definition) is 5. The summed E-state index contributed by atoms with van der Waals surface area (Å²) in [4.78, 5) is 31.8. The molecule has 0 radical (unpaired) electrons. The summed E-state index contributed by atoms with van der Waals surface area (Å²) in [6.07, 6.45) is 1.16. The minimum Gasteiger partial charge on any atom is -0.336 e. The second kappa shape index (κ2) is 10.9. The molecule has 2 heterocycles. The number of piperazine rings is 1. The smallest absolute Gasteiger partial charge is 0.320 e. The van der Waals surface area contributed by atoms with Crippen LogP contribution >= 0.6 is 23.2 Å². The van der Waals surface area contributed by atoms with Crippen molar-refractivity contribution in [2.45, 2.75) is 12.0 Å². The van der Waals surface area contributed by atoms with Crippen LogP contribution in [0, 0.1) is 11.3 Å². The number of hydrogen-bond donors (Lipinski definition) is 0. The van der Waals surface area contributed by atoms with Crippen molar-refractivity contribution in [2.75, 3.05) is 52.6 Å². The number of carbonyl (C=O) groups excluding carboxylic acids is 2. The number of nitrogens with zero attached hydrogens (tertiary/aromatic N) is 5. The molecule has 2 fully saturated rings. The van der Waals surface area contributed by atoms with Crippen molar-refractivity contribution in [3.63, 3.8) is 0 Å². The fourth-order valence-corrected chi connectivity index (χ4v) is 6.03. The highest BCUT2D eigenvalue weighted by atomic mass is 35.5. The van der Waals surface area contributed by atoms with Gasteiger partial charge in [0.05, 0.1) is 34.0 Å². The van der Waals surface area contributed by atoms with Gasteiger partial charge in [-0.2, -0.15) is 9.57 Å². The van der Waals surface area contributed by atoms with Gasteiger partial charge in [-0.1, -0.05) is 35.3 Å². The van der Waals surface area contributed by atoms with Gasteiger partial charge in [0.2, 0.25) is 10.0 Å². The molecule has 9 nitrogen and oxygen atoms in total. The molecule has 0 saturated carbocycles. The molecule has 0 bridgehead atoms. The number of halogens is 2. The van der Waals surface area contributed by atoms with Gasteiger partial charge in [0.1, 0.15) is 0 Å². The number of benzene rings is 2. The molecule has 37 heavy (non-hydrogen) atoms. The van der Waals surface area contributed by atoms with Crippen molar-refractivity contribution in [1.82, 2.24) is 19.0 Å². The van der Waals surface area contributed by atoms with Crippen LogP contribution in [0.5, 0.6) is 0 Å². The van der Waals surface area contributed by atoms with Gasteiger partial charge >= 0.3 is 6.03 Å². The number of amides is 3. The molecule has 2 aliphatic rings. The van der Waals surface area contributed by atoms with Crippen molar-refractivity contribution in [3.05, 3.63) is 69.2 Å². The topological polar surface area (TPSA) is 105 Å². The molecule has 196 valence electrons. The molecular formula is C25H27Cl2N5O4S. The Kier molecular flexibility index (Phi) is 7.99. The number of urea groups is 1. The molecule has 0 N–H and O–H groups in total. The maximum Gasteiger partial charge on any atom is 0.320 e. The minimum absolute atomic E-state index is 0.201. The largest absolute Gasteiger partial charge is 0.336 e. The van der Waals surface area contributed by atoms with Crippen LogP contribution in [0.3, 0.4) is 0 Å². The second-order valence-corrected chi connectivity index (χ2v) is 12.1. The predicted octanol–water partition coefficient (Wildman–Crippen LogP) is 3.10. The van der Waals surface area contributed by atoms with Crippen LogP contribution in [0.15, 0.2) is 42.5 Å². The van der Waals surface area contributed by atoms with Crippen LogP contribution in [0.25, 0.3) is 0 Å². The first kappa shape index (κ1) is 27.2. The maximum atomic E-state index is 13.4. The van der Waals surface area contributed by atoms with E-state index in [0.29, 0.717) is 40.8 Å². The Morgan fingerprint density at radius 2 is 1.70 bits per heavy atom. The van der Waals surface area contributed by atoms with E-state index in [4.69, 9.17) is 23.2 Å². The first-order chi connectivity index (χ1) is 17.5. The summed E-state index contributed by atoms with van der Waals surface area (Å²) in [6.45, 7) is 1.71. The Hall–Kier alpha value is -2.84. The lowest BCUT2D eigenvalue weighted by Gasteiger charge is -2.35. The van der Waals surface area contributed by atoms with Crippen molar-refractivity contribution in [2.24, 2.45) is 0 Å². The molecule has 0 aromatic heterocycles. The monoisotopic (exact) mass is 563 g/mol. The van der Waals surface area contributed by atoms with Gasteiger partial charge in [-0.3, -0.25) is 4.79 Å². The zero-order chi connectivity index (χ0) is 26.9. The molecule has 2 atom stereocenters. The number of likely N-dealkylation sites (tertiary alicyclic amines) is 1. The fourth-order valence-electron chi connectivity index (χ4n) is 4.89. The lowest BCUT2D eigenvalue weighted by atomic mass is 9.93. The fraction of sp³-hybridized carbons (Fsp3) is 0.400. The van der Waals surface area contributed by atoms with Crippen molar-refractivity contribution in [1.29, 1.82) is 5.26 Å². The van der Waals surface area contributed by atoms with E-state index in [-0.39, 0.29) is 43.5 Å². The van der Waals surface area contributed by atoms with E-state index in [1.54, 1.807) is 58.1 Å². The standard InChI is InChI=1S/C25H27Cl2N5O4S/c1-29(24(33)19-5-3-4-17(12-19)14-28)23-16-31(15-20(23)18-6-7-21(26)22(27)13-18)25(34)30-8-10-32(11-9-30)37(2,35)36/h3-7,12-13,20,23H,8-11,15-16H2,1-2H3/t20?,23-/m1/s1. The Bertz CT molecular complexity index is 1360. The highest BCUT2D eigenvalue weighted by Crippen LogP contribution is 2.35. The Balaban J connectivity index is 1.58. The molecule has 2 aromatic rings. The molecule has 12 heteroatoms. The first-order valence-corrected chi connectivity index (χ1v) is 14.3. The van der Waals surface area contributed by atoms with E-state index >= 15 is 0 Å². The molecule has 1 unspecified atom stereocenters. The summed E-state index contributed by atoms with van der Waals surface area (Å²) < 4.78 is 25.1. The van der Waals surface area contributed by atoms with Crippen LogP contribution in [0.4, 0.5) is 4.79 Å². The predicted molar refractivity (Wildman–Crippen MR) is 141 cm³/mol. The van der Waals surface area contributed by atoms with Gasteiger partial charge in [-0.15, -0.1) is 0 Å². The number of carbonyl (C=O) groups is 2. The summed E-state index contributed by atoms with van der Waals surface area (Å²) in [6, 6.07) is 13.3. The third kappa shape index (κ3) is 5.85. The highest BCUT2D eigenvalue weighted by Gasteiger charge is 2.42. The molecule has 4 rings (SSSR count). The molecule has 2 saturated heterocycles. The number of nitriles is 1. The van der Waals surface area contributed by atoms with Crippen LogP contribution in [-0.4, -0.2) is 98.0 Å². The lowest BCUT2D eigenvalue weighted by molar-refractivity contribution is 0.0723. The summed E-state index contributed by atoms with van der Waals surface area (Å²) >= 11 is 12.4. The summed E-state index contributed by atoms with van der Waals surface area (Å²) in [5.74, 6) is -0.493. The number of sulfonamides is 1. The normalized spacial score (nSPS) is 20.5. The molecular weight excluding hydrogens is 537 g/mol. The van der Waals surface area contributed by atoms with E-state index in [1.165, 1.54) is 4.31 Å². The number of rotatable bonds is 4. The van der Waals surface area contributed by atoms with Crippen molar-refractivity contribution in [3.8, 4) is 6.07 Å². The van der Waals surface area contributed by atoms with Gasteiger partial charge in [-0.05, 0) is 35.9 Å². The van der Waals surface area contributed by atoms with Crippen molar-refractivity contribution < 1.29 is 18.0 Å². The third-order valence-corrected chi connectivity index (χ3v) is 9.01. The van der Waals surface area contributed by atoms with Gasteiger partial charge in [-0.25, -0.2) is 13.2 Å². The van der Waals surface area contributed by atoms with Crippen LogP contribution < -0.4 is 0 Å². The van der Waals surface area contributed by atoms with E-state index < -0.39 is 10.0 Å². The van der Waals surface area contributed by atoms with Crippen LogP contribution in [0.1, 0.15) is 27.4 Å². The summed E-state index contributed by atoms with van der Waals surface area (Å²) in [7, 11) is -1.62. The van der Waals surface area contributed by atoms with Crippen LogP contribution in [0.2, 0.25) is 10.0 Å². The second-order valence-electron chi connectivity index (χ2n) is 9.29. The zero-order valence-corrected chi connectivity index (χ0v) is 22.8. The van der Waals surface area contributed by atoms with E-state index in [1.807, 2.05) is 6.07 Å². The van der Waals surface area contributed by atoms with E-state index in [9.17, 15) is 23.3 Å². The summed E-state index contributed by atoms with van der Waals surface area (Å²) in [5, 5.41) is 10.0. The average molecular weight is 564 g/mol. The molecule has 2 aromatic carbocycles. The van der Waals surface area contributed by atoms with Gasteiger partial charge in [0.15, 0.2) is 0 Å². The molecule has 0 aliphatic carbocycles. The van der Waals surface area contributed by atoms with Gasteiger partial charge < -0.3 is 14.7 Å². The van der Waals surface area contributed by atoms with E-state index in [0.717, 1.165) is 11.8 Å². The number of likely N-dealkylation sites (N-methyl/N-ethyl adjacent to an activating group) is 1. The first-order valence-electron chi connectivity index (χ1n) is 11.7. The SMILES string of the molecule is CN(C(=O)c1cccc(C#N)c1)[C@@H]1CN(C(=O)N2CCN(S(C)(=O)=O)CC2)CC1c1ccc(Cl)c(Cl)c1. The van der Waals surface area contributed by atoms with Gasteiger partial charge in [0.25, 0.3) is 5.91 Å². The minimum atomic E-state index is -3.31. The Morgan fingerprint density at radius 3 is 2.32 bits per heavy atom. The maximum absolute atomic E-state index is 13.4. The Labute approximate surface area is 226 Å². The van der Waals surface area contributed by atoms with Gasteiger partial charge in [0, 0.05) is 57.8 Å². The Morgan fingerprint density at radius 1 is 1.00 bits per heavy atom. The summed E-state index contributed by atoms with van der Waals surface area (Å²) in [5.41, 5.74) is 1.62. The molecule has 3 amide bonds. The zero-order valence-electron chi connectivity index (χ0n) is 20.5. The lowest BCUT2D eigenvalue weighted by Crippen LogP contribution is -2.53. The van der Waals surface area contributed by atoms with Crippen molar-refractivity contribution >= 4 is 45.2 Å². The molecule has 0 spiro atoms. The van der Waals surface area contributed by atoms with Crippen LogP contribution in [-0.2, 0) is 10.0 Å². The molecule has 2 aliphatic heterocycles. The van der Waals surface area contributed by atoms with E-state index in [2.05, 4.69) is 6.07 Å².